The predicted octanol–water partition coefficient (Wildman–Crippen LogP) is 2.93. The van der Waals surface area contributed by atoms with Crippen LogP contribution in [0.3, 0.4) is 0 Å². The van der Waals surface area contributed by atoms with Crippen molar-refractivity contribution in [3.63, 3.8) is 0 Å². The van der Waals surface area contributed by atoms with Gasteiger partial charge in [-0.1, -0.05) is 29.8 Å². The number of nitrogens with two attached hydrogens (primary N) is 1. The largest absolute Gasteiger partial charge is 0.481 e. The van der Waals surface area contributed by atoms with Crippen molar-refractivity contribution in [2.24, 2.45) is 5.73 Å². The summed E-state index contributed by atoms with van der Waals surface area (Å²) in [6.07, 6.45) is 7.46. The molecule has 108 valence electrons. The Labute approximate surface area is 125 Å². The van der Waals surface area contributed by atoms with E-state index in [1.54, 1.807) is 0 Å². The number of rotatable bonds is 3. The molecule has 1 saturated heterocycles. The summed E-state index contributed by atoms with van der Waals surface area (Å²) >= 11 is 6.26. The zero-order chi connectivity index (χ0) is 14.0. The number of ether oxygens (including phenoxy) is 1. The highest BCUT2D eigenvalue weighted by Crippen LogP contribution is 2.40. The quantitative estimate of drug-likeness (QED) is 0.931. The summed E-state index contributed by atoms with van der Waals surface area (Å²) < 4.78 is 6.27. The molecule has 2 aliphatic heterocycles. The summed E-state index contributed by atoms with van der Waals surface area (Å²) in [5, 5.41) is 0.705. The number of nitrogens with zero attached hydrogens (tertiary/aromatic N) is 1. The van der Waals surface area contributed by atoms with Gasteiger partial charge in [0.25, 0.3) is 0 Å². The number of halogens is 1. The molecule has 0 saturated carbocycles. The van der Waals surface area contributed by atoms with Gasteiger partial charge in [0.1, 0.15) is 11.4 Å². The monoisotopic (exact) mass is 292 g/mol. The lowest BCUT2D eigenvalue weighted by Gasteiger charge is -2.42. The molecule has 2 N–H and O–H groups in total. The van der Waals surface area contributed by atoms with E-state index in [1.807, 2.05) is 18.2 Å². The third-order valence-corrected chi connectivity index (χ3v) is 4.55. The second kappa shape index (κ2) is 5.76. The van der Waals surface area contributed by atoms with E-state index in [1.165, 1.54) is 0 Å². The van der Waals surface area contributed by atoms with Crippen molar-refractivity contribution in [3.05, 3.63) is 34.9 Å². The molecule has 3 nitrogen and oxygen atoms in total. The van der Waals surface area contributed by atoms with Crippen LogP contribution in [0.4, 0.5) is 0 Å². The van der Waals surface area contributed by atoms with Crippen LogP contribution in [0.2, 0.25) is 5.02 Å². The average Bonchev–Trinajstić information content (AvgIpc) is 2.48. The van der Waals surface area contributed by atoms with Crippen LogP contribution in [0.5, 0.6) is 5.75 Å². The zero-order valence-corrected chi connectivity index (χ0v) is 12.4. The first-order chi connectivity index (χ1) is 9.72. The van der Waals surface area contributed by atoms with Crippen molar-refractivity contribution in [3.8, 4) is 5.75 Å². The average molecular weight is 293 g/mol. The van der Waals surface area contributed by atoms with Gasteiger partial charge in [0.2, 0.25) is 0 Å². The fourth-order valence-corrected chi connectivity index (χ4v) is 3.20. The highest BCUT2D eigenvalue weighted by molar-refractivity contribution is 6.32. The first kappa shape index (κ1) is 13.9. The molecule has 3 rings (SSSR count). The van der Waals surface area contributed by atoms with Gasteiger partial charge in [0, 0.05) is 31.5 Å². The Morgan fingerprint density at radius 2 is 2.10 bits per heavy atom. The van der Waals surface area contributed by atoms with E-state index >= 15 is 0 Å². The molecule has 0 aromatic heterocycles. The third kappa shape index (κ3) is 2.71. The third-order valence-electron chi connectivity index (χ3n) is 4.25. The van der Waals surface area contributed by atoms with Gasteiger partial charge < -0.3 is 15.4 Å². The fraction of sp³-hybridized carbons (Fsp3) is 0.500. The van der Waals surface area contributed by atoms with Crippen LogP contribution < -0.4 is 10.5 Å². The highest BCUT2D eigenvalue weighted by atomic mass is 35.5. The number of benzene rings is 1. The van der Waals surface area contributed by atoms with Crippen molar-refractivity contribution < 1.29 is 4.74 Å². The van der Waals surface area contributed by atoms with E-state index in [0.29, 0.717) is 5.02 Å². The Kier molecular flexibility index (Phi) is 4.01. The second-order valence-corrected chi connectivity index (χ2v) is 6.05. The molecule has 0 aliphatic carbocycles. The lowest BCUT2D eigenvalue weighted by atomic mass is 9.88. The van der Waals surface area contributed by atoms with Crippen molar-refractivity contribution >= 4 is 17.7 Å². The Morgan fingerprint density at radius 3 is 2.85 bits per heavy atom. The van der Waals surface area contributed by atoms with Crippen molar-refractivity contribution in [1.29, 1.82) is 0 Å². The SMILES string of the molecule is NCCCN1CCC2(C=Cc3cccc(Cl)c3O2)CC1. The molecule has 2 heterocycles. The summed E-state index contributed by atoms with van der Waals surface area (Å²) in [6.45, 7) is 3.98. The molecule has 20 heavy (non-hydrogen) atoms. The molecule has 2 aliphatic rings. The first-order valence-corrected chi connectivity index (χ1v) is 7.69. The molecule has 0 amide bonds. The summed E-state index contributed by atoms with van der Waals surface area (Å²) in [5.74, 6) is 0.840. The number of hydrogen-bond acceptors (Lipinski definition) is 3. The van der Waals surface area contributed by atoms with Crippen molar-refractivity contribution in [1.82, 2.24) is 4.90 Å². The summed E-state index contributed by atoms with van der Waals surface area (Å²) in [4.78, 5) is 2.47. The number of hydrogen-bond donors (Lipinski definition) is 1. The van der Waals surface area contributed by atoms with Gasteiger partial charge in [-0.3, -0.25) is 0 Å². The van der Waals surface area contributed by atoms with E-state index in [2.05, 4.69) is 17.1 Å². The maximum Gasteiger partial charge on any atom is 0.146 e. The number of para-hydroxylation sites is 1. The highest BCUT2D eigenvalue weighted by Gasteiger charge is 2.37. The van der Waals surface area contributed by atoms with Crippen LogP contribution >= 0.6 is 11.6 Å². The van der Waals surface area contributed by atoms with Crippen LogP contribution in [0.25, 0.3) is 6.08 Å². The van der Waals surface area contributed by atoms with Gasteiger partial charge in [-0.05, 0) is 31.7 Å². The molecular weight excluding hydrogens is 272 g/mol. The molecular formula is C16H21ClN2O. The molecule has 1 spiro atoms. The zero-order valence-electron chi connectivity index (χ0n) is 11.6. The van der Waals surface area contributed by atoms with E-state index in [0.717, 1.165) is 56.8 Å². The summed E-state index contributed by atoms with van der Waals surface area (Å²) in [7, 11) is 0. The molecule has 0 atom stereocenters. The summed E-state index contributed by atoms with van der Waals surface area (Å²) in [6, 6.07) is 5.90. The molecule has 0 unspecified atom stereocenters. The van der Waals surface area contributed by atoms with E-state index in [9.17, 15) is 0 Å². The van der Waals surface area contributed by atoms with Gasteiger partial charge in [0.05, 0.1) is 5.02 Å². The number of fused-ring (bicyclic) bond motifs is 1. The second-order valence-electron chi connectivity index (χ2n) is 5.64. The maximum atomic E-state index is 6.27. The standard InChI is InChI=1S/C16H21ClN2O/c17-14-4-1-3-13-5-6-16(20-15(13)14)7-11-19(12-8-16)10-2-9-18/h1,3-6H,2,7-12,18H2. The lowest BCUT2D eigenvalue weighted by molar-refractivity contribution is 0.0387. The molecule has 4 heteroatoms. The molecule has 0 bridgehead atoms. The minimum atomic E-state index is -0.169. The van der Waals surface area contributed by atoms with E-state index < -0.39 is 0 Å². The van der Waals surface area contributed by atoms with E-state index in [-0.39, 0.29) is 5.60 Å². The molecule has 1 aromatic rings. The Hall–Kier alpha value is -1.03. The predicted molar refractivity (Wildman–Crippen MR) is 83.2 cm³/mol. The summed E-state index contributed by atoms with van der Waals surface area (Å²) in [5.41, 5.74) is 6.48. The Morgan fingerprint density at radius 1 is 1.30 bits per heavy atom. The van der Waals surface area contributed by atoms with Crippen LogP contribution in [-0.2, 0) is 0 Å². The van der Waals surface area contributed by atoms with Gasteiger partial charge in [0.15, 0.2) is 0 Å². The number of piperidine rings is 1. The maximum absolute atomic E-state index is 6.27. The lowest BCUT2D eigenvalue weighted by Crippen LogP contribution is -2.48. The minimum absolute atomic E-state index is 0.169. The van der Waals surface area contributed by atoms with Crippen molar-refractivity contribution in [2.45, 2.75) is 24.9 Å². The smallest absolute Gasteiger partial charge is 0.146 e. The van der Waals surface area contributed by atoms with E-state index in [4.69, 9.17) is 22.1 Å². The fourth-order valence-electron chi connectivity index (χ4n) is 2.98. The van der Waals surface area contributed by atoms with Gasteiger partial charge in [-0.2, -0.15) is 0 Å². The Balaban J connectivity index is 1.70. The minimum Gasteiger partial charge on any atom is -0.481 e. The van der Waals surface area contributed by atoms with Crippen molar-refractivity contribution in [2.75, 3.05) is 26.2 Å². The Bertz CT molecular complexity index is 507. The normalized spacial score (nSPS) is 20.7. The van der Waals surface area contributed by atoms with Gasteiger partial charge >= 0.3 is 0 Å². The first-order valence-electron chi connectivity index (χ1n) is 7.32. The van der Waals surface area contributed by atoms with Gasteiger partial charge in [-0.25, -0.2) is 0 Å². The number of likely N-dealkylation sites (tertiary alicyclic amines) is 1. The molecule has 0 radical (unpaired) electrons. The van der Waals surface area contributed by atoms with Crippen LogP contribution in [-0.4, -0.2) is 36.7 Å². The topological polar surface area (TPSA) is 38.5 Å². The molecule has 1 fully saturated rings. The van der Waals surface area contributed by atoms with Crippen LogP contribution in [0, 0.1) is 0 Å². The van der Waals surface area contributed by atoms with Crippen LogP contribution in [0.1, 0.15) is 24.8 Å². The van der Waals surface area contributed by atoms with Gasteiger partial charge in [-0.15, -0.1) is 0 Å². The van der Waals surface area contributed by atoms with Crippen LogP contribution in [0.15, 0.2) is 24.3 Å². The molecule has 1 aromatic carbocycles.